The largest absolute Gasteiger partial charge is 0.466 e. The number of hydrogen-bond donors (Lipinski definition) is 1. The zero-order valence-corrected chi connectivity index (χ0v) is 16.4. The van der Waals surface area contributed by atoms with Gasteiger partial charge in [-0.2, -0.15) is 4.31 Å². The van der Waals surface area contributed by atoms with Crippen molar-refractivity contribution in [2.75, 3.05) is 26.3 Å². The maximum absolute atomic E-state index is 13.1. The Hall–Kier alpha value is -1.87. The molecule has 2 heterocycles. The summed E-state index contributed by atoms with van der Waals surface area (Å²) in [6.45, 7) is 7.55. The third-order valence-electron chi connectivity index (χ3n) is 4.47. The van der Waals surface area contributed by atoms with Gasteiger partial charge in [0.25, 0.3) is 0 Å². The lowest BCUT2D eigenvalue weighted by Gasteiger charge is -2.30. The van der Waals surface area contributed by atoms with E-state index in [9.17, 15) is 18.0 Å². The molecule has 0 radical (unpaired) electrons. The molecule has 1 aliphatic rings. The van der Waals surface area contributed by atoms with Crippen LogP contribution in [-0.4, -0.2) is 55.9 Å². The molecule has 0 spiro atoms. The summed E-state index contributed by atoms with van der Waals surface area (Å²) in [5, 5.41) is 0. The highest BCUT2D eigenvalue weighted by Gasteiger charge is 2.37. The molecule has 8 nitrogen and oxygen atoms in total. The Kier molecular flexibility index (Phi) is 6.46. The standard InChI is InChI=1S/C17H26N2O6S/c1-5-24-16(20)13-7-9-19(10-8-13)26(22,23)15-12(4)18-11(3)14(15)17(21)25-6-2/h13,18H,5-10H2,1-4H3. The Morgan fingerprint density at radius 3 is 2.19 bits per heavy atom. The Morgan fingerprint density at radius 1 is 1.08 bits per heavy atom. The molecule has 0 aliphatic carbocycles. The molecule has 9 heteroatoms. The molecule has 0 bridgehead atoms. The zero-order valence-electron chi connectivity index (χ0n) is 15.6. The van der Waals surface area contributed by atoms with Crippen molar-refractivity contribution < 1.29 is 27.5 Å². The molecule has 1 aliphatic heterocycles. The number of hydrogen-bond acceptors (Lipinski definition) is 6. The number of carbonyl (C=O) groups excluding carboxylic acids is 2. The molecule has 0 amide bonds. The Morgan fingerprint density at radius 2 is 1.65 bits per heavy atom. The molecule has 0 atom stereocenters. The van der Waals surface area contributed by atoms with E-state index in [1.807, 2.05) is 0 Å². The van der Waals surface area contributed by atoms with Crippen LogP contribution in [0, 0.1) is 19.8 Å². The van der Waals surface area contributed by atoms with Crippen molar-refractivity contribution in [2.24, 2.45) is 5.92 Å². The number of nitrogens with zero attached hydrogens (tertiary/aromatic N) is 1. The first-order valence-corrected chi connectivity index (χ1v) is 10.2. The molecular weight excluding hydrogens is 360 g/mol. The van der Waals surface area contributed by atoms with Crippen molar-refractivity contribution in [3.8, 4) is 0 Å². The van der Waals surface area contributed by atoms with Crippen LogP contribution in [0.5, 0.6) is 0 Å². The fourth-order valence-electron chi connectivity index (χ4n) is 3.25. The minimum atomic E-state index is -3.88. The average Bonchev–Trinajstić information content (AvgIpc) is 2.90. The number of H-pyrrole nitrogens is 1. The van der Waals surface area contributed by atoms with E-state index >= 15 is 0 Å². The van der Waals surface area contributed by atoms with Crippen LogP contribution in [0.3, 0.4) is 0 Å². The van der Waals surface area contributed by atoms with E-state index in [-0.39, 0.29) is 42.0 Å². The summed E-state index contributed by atoms with van der Waals surface area (Å²) in [7, 11) is -3.88. The van der Waals surface area contributed by atoms with Crippen molar-refractivity contribution in [2.45, 2.75) is 45.4 Å². The predicted octanol–water partition coefficient (Wildman–Crippen LogP) is 1.77. The summed E-state index contributed by atoms with van der Waals surface area (Å²) >= 11 is 0. The van der Waals surface area contributed by atoms with Crippen molar-refractivity contribution in [3.63, 3.8) is 0 Å². The molecule has 1 aromatic rings. The summed E-state index contributed by atoms with van der Waals surface area (Å²) in [5.74, 6) is -1.24. The first-order chi connectivity index (χ1) is 12.2. The quantitative estimate of drug-likeness (QED) is 0.747. The van der Waals surface area contributed by atoms with E-state index in [2.05, 4.69) is 4.98 Å². The highest BCUT2D eigenvalue weighted by atomic mass is 32.2. The van der Waals surface area contributed by atoms with Crippen LogP contribution >= 0.6 is 0 Å². The monoisotopic (exact) mass is 386 g/mol. The molecule has 2 rings (SSSR count). The third-order valence-corrected chi connectivity index (χ3v) is 6.54. The second-order valence-corrected chi connectivity index (χ2v) is 8.10. The Bertz CT molecular complexity index is 775. The molecule has 1 fully saturated rings. The number of piperidine rings is 1. The normalized spacial score (nSPS) is 16.5. The number of rotatable bonds is 6. The van der Waals surface area contributed by atoms with Crippen LogP contribution in [0.25, 0.3) is 0 Å². The van der Waals surface area contributed by atoms with E-state index in [4.69, 9.17) is 9.47 Å². The summed E-state index contributed by atoms with van der Waals surface area (Å²) in [6.07, 6.45) is 0.796. The first-order valence-electron chi connectivity index (χ1n) is 8.77. The smallest absolute Gasteiger partial charge is 0.341 e. The van der Waals surface area contributed by atoms with Crippen molar-refractivity contribution >= 4 is 22.0 Å². The van der Waals surface area contributed by atoms with Gasteiger partial charge in [-0.1, -0.05) is 0 Å². The van der Waals surface area contributed by atoms with E-state index in [1.54, 1.807) is 27.7 Å². The van der Waals surface area contributed by atoms with Crippen LogP contribution in [0.2, 0.25) is 0 Å². The molecule has 26 heavy (non-hydrogen) atoms. The molecular formula is C17H26N2O6S. The number of aryl methyl sites for hydroxylation is 2. The first kappa shape index (κ1) is 20.4. The van der Waals surface area contributed by atoms with Gasteiger partial charge in [0.05, 0.1) is 19.1 Å². The predicted molar refractivity (Wildman–Crippen MR) is 94.3 cm³/mol. The molecule has 0 saturated carbocycles. The number of esters is 2. The van der Waals surface area contributed by atoms with Gasteiger partial charge in [0.1, 0.15) is 10.5 Å². The number of aromatic nitrogens is 1. The van der Waals surface area contributed by atoms with E-state index in [1.165, 1.54) is 4.31 Å². The molecule has 1 N–H and O–H groups in total. The van der Waals surface area contributed by atoms with Gasteiger partial charge in [-0.3, -0.25) is 4.79 Å². The fourth-order valence-corrected chi connectivity index (χ4v) is 5.13. The van der Waals surface area contributed by atoms with Crippen molar-refractivity contribution in [1.82, 2.24) is 9.29 Å². The molecule has 0 aromatic carbocycles. The second-order valence-electron chi connectivity index (χ2n) is 6.23. The number of ether oxygens (including phenoxy) is 2. The van der Waals surface area contributed by atoms with E-state index < -0.39 is 16.0 Å². The molecule has 1 saturated heterocycles. The Balaban J connectivity index is 2.27. The van der Waals surface area contributed by atoms with Crippen LogP contribution in [0.1, 0.15) is 48.4 Å². The maximum atomic E-state index is 13.1. The van der Waals surface area contributed by atoms with E-state index in [0.29, 0.717) is 30.8 Å². The highest BCUT2D eigenvalue weighted by Crippen LogP contribution is 2.30. The minimum absolute atomic E-state index is 0.0389. The molecule has 146 valence electrons. The second kappa shape index (κ2) is 8.22. The number of nitrogens with one attached hydrogen (secondary N) is 1. The van der Waals surface area contributed by atoms with Gasteiger partial charge in [-0.25, -0.2) is 13.2 Å². The third kappa shape index (κ3) is 3.93. The van der Waals surface area contributed by atoms with Crippen LogP contribution < -0.4 is 0 Å². The lowest BCUT2D eigenvalue weighted by Crippen LogP contribution is -2.41. The SMILES string of the molecule is CCOC(=O)c1c(C)[nH]c(C)c1S(=O)(=O)N1CCC(C(=O)OCC)CC1. The van der Waals surface area contributed by atoms with Gasteiger partial charge in [0, 0.05) is 24.5 Å². The maximum Gasteiger partial charge on any atom is 0.341 e. The summed E-state index contributed by atoms with van der Waals surface area (Å²) < 4.78 is 37.6. The highest BCUT2D eigenvalue weighted by molar-refractivity contribution is 7.89. The van der Waals surface area contributed by atoms with E-state index in [0.717, 1.165) is 0 Å². The van der Waals surface area contributed by atoms with Crippen LogP contribution in [0.15, 0.2) is 4.90 Å². The van der Waals surface area contributed by atoms with Crippen molar-refractivity contribution in [1.29, 1.82) is 0 Å². The number of aromatic amines is 1. The van der Waals surface area contributed by atoms with Gasteiger partial charge in [0.2, 0.25) is 10.0 Å². The molecule has 0 unspecified atom stereocenters. The zero-order chi connectivity index (χ0) is 19.5. The fraction of sp³-hybridized carbons (Fsp3) is 0.647. The van der Waals surface area contributed by atoms with Gasteiger partial charge >= 0.3 is 11.9 Å². The lowest BCUT2D eigenvalue weighted by molar-refractivity contribution is -0.149. The Labute approximate surface area is 153 Å². The number of sulfonamides is 1. The van der Waals surface area contributed by atoms with Crippen LogP contribution in [-0.2, 0) is 24.3 Å². The molecule has 1 aromatic heterocycles. The number of carbonyl (C=O) groups is 2. The average molecular weight is 386 g/mol. The van der Waals surface area contributed by atoms with Gasteiger partial charge in [0.15, 0.2) is 0 Å². The lowest BCUT2D eigenvalue weighted by atomic mass is 9.98. The topological polar surface area (TPSA) is 106 Å². The summed E-state index contributed by atoms with van der Waals surface area (Å²) in [4.78, 5) is 27.0. The minimum Gasteiger partial charge on any atom is -0.466 e. The van der Waals surface area contributed by atoms with Gasteiger partial charge < -0.3 is 14.5 Å². The van der Waals surface area contributed by atoms with Gasteiger partial charge in [-0.15, -0.1) is 0 Å². The van der Waals surface area contributed by atoms with Crippen LogP contribution in [0.4, 0.5) is 0 Å². The summed E-state index contributed by atoms with van der Waals surface area (Å²) in [5.41, 5.74) is 0.913. The van der Waals surface area contributed by atoms with Crippen molar-refractivity contribution in [3.05, 3.63) is 17.0 Å². The summed E-state index contributed by atoms with van der Waals surface area (Å²) in [6, 6.07) is 0. The van der Waals surface area contributed by atoms with Gasteiger partial charge in [-0.05, 0) is 40.5 Å².